The van der Waals surface area contributed by atoms with Crippen LogP contribution in [0, 0.1) is 6.92 Å². The van der Waals surface area contributed by atoms with Crippen LogP contribution in [0.4, 0.5) is 0 Å². The largest absolute Gasteiger partial charge is 0.490 e. The highest BCUT2D eigenvalue weighted by Crippen LogP contribution is 2.29. The van der Waals surface area contributed by atoms with Gasteiger partial charge in [-0.2, -0.15) is 5.10 Å². The van der Waals surface area contributed by atoms with Crippen molar-refractivity contribution < 1.29 is 9.47 Å². The van der Waals surface area contributed by atoms with Gasteiger partial charge in [0, 0.05) is 30.6 Å². The molecule has 1 aromatic carbocycles. The van der Waals surface area contributed by atoms with Crippen molar-refractivity contribution in [2.75, 3.05) is 20.3 Å². The molecule has 2 N–H and O–H groups in total. The van der Waals surface area contributed by atoms with E-state index >= 15 is 0 Å². The lowest BCUT2D eigenvalue weighted by molar-refractivity contribution is 0.128. The highest BCUT2D eigenvalue weighted by Gasteiger charge is 2.23. The summed E-state index contributed by atoms with van der Waals surface area (Å²) in [7, 11) is 1.74. The quantitative estimate of drug-likeness (QED) is 0.806. The highest BCUT2D eigenvalue weighted by molar-refractivity contribution is 5.83. The third-order valence-corrected chi connectivity index (χ3v) is 4.50. The average Bonchev–Trinajstić information content (AvgIpc) is 3.00. The summed E-state index contributed by atoms with van der Waals surface area (Å²) in [6, 6.07) is 4.63. The zero-order valence-electron chi connectivity index (χ0n) is 13.4. The van der Waals surface area contributed by atoms with E-state index in [2.05, 4.69) is 28.5 Å². The first-order chi connectivity index (χ1) is 10.8. The van der Waals surface area contributed by atoms with Gasteiger partial charge in [0.2, 0.25) is 0 Å². The lowest BCUT2D eigenvalue weighted by Gasteiger charge is -2.30. The van der Waals surface area contributed by atoms with Crippen molar-refractivity contribution in [2.24, 2.45) is 0 Å². The van der Waals surface area contributed by atoms with Crippen LogP contribution in [-0.2, 0) is 4.74 Å². The van der Waals surface area contributed by atoms with Crippen LogP contribution in [-0.4, -0.2) is 42.6 Å². The van der Waals surface area contributed by atoms with Crippen LogP contribution in [0.5, 0.6) is 5.75 Å². The maximum atomic E-state index is 6.29. The highest BCUT2D eigenvalue weighted by atomic mass is 16.5. The first-order valence-electron chi connectivity index (χ1n) is 8.09. The zero-order valence-corrected chi connectivity index (χ0v) is 13.4. The molecule has 0 spiro atoms. The van der Waals surface area contributed by atoms with Crippen LogP contribution < -0.4 is 10.1 Å². The number of benzene rings is 1. The van der Waals surface area contributed by atoms with Crippen molar-refractivity contribution in [3.8, 4) is 5.75 Å². The second-order valence-electron chi connectivity index (χ2n) is 6.07. The summed E-state index contributed by atoms with van der Waals surface area (Å²) in [6.45, 7) is 3.77. The minimum absolute atomic E-state index is 0.289. The second kappa shape index (κ2) is 7.11. The standard InChI is InChI=1S/C17H25N3O2/c1-12-15-11-19-20-16(15)6-7-17(12)22-14-5-3-4-13(10-14)18-8-9-21-2/h6-7,11,13-14,18H,3-5,8-10H2,1-2H3,(H,19,20). The number of hydrogen-bond acceptors (Lipinski definition) is 4. The molecule has 0 aliphatic heterocycles. The molecule has 1 aliphatic carbocycles. The molecule has 0 bridgehead atoms. The Morgan fingerprint density at radius 2 is 2.27 bits per heavy atom. The van der Waals surface area contributed by atoms with Crippen molar-refractivity contribution in [1.82, 2.24) is 15.5 Å². The van der Waals surface area contributed by atoms with Crippen molar-refractivity contribution in [3.05, 3.63) is 23.9 Å². The normalized spacial score (nSPS) is 22.1. The van der Waals surface area contributed by atoms with Crippen molar-refractivity contribution >= 4 is 10.9 Å². The number of aryl methyl sites for hydroxylation is 1. The smallest absolute Gasteiger partial charge is 0.123 e. The van der Waals surface area contributed by atoms with Gasteiger partial charge in [0.15, 0.2) is 0 Å². The fourth-order valence-electron chi connectivity index (χ4n) is 3.25. The fourth-order valence-corrected chi connectivity index (χ4v) is 3.25. The van der Waals surface area contributed by atoms with Gasteiger partial charge in [0.1, 0.15) is 11.9 Å². The number of H-pyrrole nitrogens is 1. The molecule has 2 unspecified atom stereocenters. The number of hydrogen-bond donors (Lipinski definition) is 2. The molecule has 0 radical (unpaired) electrons. The summed E-state index contributed by atoms with van der Waals surface area (Å²) < 4.78 is 11.4. The summed E-state index contributed by atoms with van der Waals surface area (Å²) in [5.74, 6) is 0.983. The van der Waals surface area contributed by atoms with Gasteiger partial charge in [-0.05, 0) is 44.7 Å². The minimum atomic E-state index is 0.289. The number of nitrogens with one attached hydrogen (secondary N) is 2. The Hall–Kier alpha value is -1.59. The third kappa shape index (κ3) is 3.42. The summed E-state index contributed by atoms with van der Waals surface area (Å²) in [5, 5.41) is 11.8. The third-order valence-electron chi connectivity index (χ3n) is 4.50. The van der Waals surface area contributed by atoms with E-state index in [4.69, 9.17) is 9.47 Å². The first kappa shape index (κ1) is 15.3. The molecule has 2 aromatic rings. The number of methoxy groups -OCH3 is 1. The predicted molar refractivity (Wildman–Crippen MR) is 87.4 cm³/mol. The molecule has 5 heteroatoms. The zero-order chi connectivity index (χ0) is 15.4. The van der Waals surface area contributed by atoms with Gasteiger partial charge >= 0.3 is 0 Å². The molecule has 1 saturated carbocycles. The van der Waals surface area contributed by atoms with Gasteiger partial charge in [-0.25, -0.2) is 0 Å². The van der Waals surface area contributed by atoms with Crippen LogP contribution in [0.1, 0.15) is 31.2 Å². The molecule has 1 aliphatic rings. The van der Waals surface area contributed by atoms with Crippen LogP contribution in [0.3, 0.4) is 0 Å². The molecule has 3 rings (SSSR count). The Labute approximate surface area is 131 Å². The Balaban J connectivity index is 1.62. The first-order valence-corrected chi connectivity index (χ1v) is 8.09. The SMILES string of the molecule is COCCNC1CCCC(Oc2ccc3[nH]ncc3c2C)C1. The van der Waals surface area contributed by atoms with Crippen LogP contribution >= 0.6 is 0 Å². The number of nitrogens with zero attached hydrogens (tertiary/aromatic N) is 1. The Kier molecular flexibility index (Phi) is 4.95. The summed E-state index contributed by atoms with van der Waals surface area (Å²) in [6.07, 6.45) is 6.79. The van der Waals surface area contributed by atoms with Crippen molar-refractivity contribution in [3.63, 3.8) is 0 Å². The van der Waals surface area contributed by atoms with Gasteiger partial charge in [-0.1, -0.05) is 0 Å². The lowest BCUT2D eigenvalue weighted by atomic mass is 9.92. The maximum Gasteiger partial charge on any atom is 0.123 e. The molecule has 0 amide bonds. The topological polar surface area (TPSA) is 59.2 Å². The van der Waals surface area contributed by atoms with E-state index in [-0.39, 0.29) is 6.10 Å². The van der Waals surface area contributed by atoms with Gasteiger partial charge in [-0.15, -0.1) is 0 Å². The van der Waals surface area contributed by atoms with E-state index in [0.717, 1.165) is 42.6 Å². The predicted octanol–water partition coefficient (Wildman–Crippen LogP) is 2.80. The molecule has 1 heterocycles. The maximum absolute atomic E-state index is 6.29. The number of fused-ring (bicyclic) bond motifs is 1. The minimum Gasteiger partial charge on any atom is -0.490 e. The van der Waals surface area contributed by atoms with Gasteiger partial charge in [0.05, 0.1) is 18.3 Å². The van der Waals surface area contributed by atoms with Crippen LogP contribution in [0.25, 0.3) is 10.9 Å². The van der Waals surface area contributed by atoms with Crippen molar-refractivity contribution in [2.45, 2.75) is 44.8 Å². The molecule has 1 fully saturated rings. The van der Waals surface area contributed by atoms with Gasteiger partial charge < -0.3 is 14.8 Å². The monoisotopic (exact) mass is 303 g/mol. The van der Waals surface area contributed by atoms with Gasteiger partial charge in [0.25, 0.3) is 0 Å². The van der Waals surface area contributed by atoms with Crippen LogP contribution in [0.2, 0.25) is 0 Å². The van der Waals surface area contributed by atoms with E-state index in [1.165, 1.54) is 18.4 Å². The van der Waals surface area contributed by atoms with E-state index in [1.807, 2.05) is 12.3 Å². The average molecular weight is 303 g/mol. The Morgan fingerprint density at radius 1 is 1.36 bits per heavy atom. The van der Waals surface area contributed by atoms with Crippen molar-refractivity contribution in [1.29, 1.82) is 0 Å². The summed E-state index contributed by atoms with van der Waals surface area (Å²) in [4.78, 5) is 0. The fraction of sp³-hybridized carbons (Fsp3) is 0.588. The van der Waals surface area contributed by atoms with E-state index in [9.17, 15) is 0 Å². The summed E-state index contributed by atoms with van der Waals surface area (Å²) in [5.41, 5.74) is 2.23. The lowest BCUT2D eigenvalue weighted by Crippen LogP contribution is -2.39. The van der Waals surface area contributed by atoms with Crippen LogP contribution in [0.15, 0.2) is 18.3 Å². The molecule has 120 valence electrons. The Morgan fingerprint density at radius 3 is 3.14 bits per heavy atom. The molecule has 5 nitrogen and oxygen atoms in total. The molecule has 0 saturated heterocycles. The molecular formula is C17H25N3O2. The van der Waals surface area contributed by atoms with E-state index < -0.39 is 0 Å². The van der Waals surface area contributed by atoms with E-state index in [1.54, 1.807) is 7.11 Å². The number of rotatable bonds is 6. The number of ether oxygens (including phenoxy) is 2. The van der Waals surface area contributed by atoms with Gasteiger partial charge in [-0.3, -0.25) is 5.10 Å². The molecule has 1 aromatic heterocycles. The Bertz CT molecular complexity index is 611. The summed E-state index contributed by atoms with van der Waals surface area (Å²) >= 11 is 0. The number of aromatic amines is 1. The molecule has 22 heavy (non-hydrogen) atoms. The molecular weight excluding hydrogens is 278 g/mol. The number of aromatic nitrogens is 2. The van der Waals surface area contributed by atoms with E-state index in [0.29, 0.717) is 6.04 Å². The molecule has 2 atom stereocenters. The second-order valence-corrected chi connectivity index (χ2v) is 6.07.